The number of anilines is 1. The molecule has 11 heteroatoms. The van der Waals surface area contributed by atoms with Crippen LogP contribution in [0.4, 0.5) is 5.69 Å². The molecule has 2 aromatic carbocycles. The smallest absolute Gasteiger partial charge is 0.173 e. The van der Waals surface area contributed by atoms with Crippen molar-refractivity contribution in [3.8, 4) is 17.2 Å². The van der Waals surface area contributed by atoms with Crippen molar-refractivity contribution >= 4 is 5.69 Å². The molecule has 4 aromatic rings. The summed E-state index contributed by atoms with van der Waals surface area (Å²) in [6.07, 6.45) is 1.65. The molecule has 1 fully saturated rings. The van der Waals surface area contributed by atoms with Crippen LogP contribution in [0, 0.1) is 0 Å². The highest BCUT2D eigenvalue weighted by atomic mass is 35.5. The van der Waals surface area contributed by atoms with Gasteiger partial charge >= 0.3 is 0 Å². The van der Waals surface area contributed by atoms with Gasteiger partial charge in [-0.1, -0.05) is 0 Å². The molecular weight excluding hydrogens is 496 g/mol. The van der Waals surface area contributed by atoms with Gasteiger partial charge in [0.15, 0.2) is 5.82 Å². The van der Waals surface area contributed by atoms with Crippen LogP contribution in [0.1, 0.15) is 23.2 Å². The number of hydrogen-bond donors (Lipinski definition) is 0. The van der Waals surface area contributed by atoms with Crippen molar-refractivity contribution in [1.82, 2.24) is 25.1 Å². The summed E-state index contributed by atoms with van der Waals surface area (Å²) < 4.78 is 24.0. The Morgan fingerprint density at radius 2 is 1.62 bits per heavy atom. The Bertz CT molecular complexity index is 1260. The van der Waals surface area contributed by atoms with Crippen LogP contribution in [0.15, 0.2) is 65.3 Å². The van der Waals surface area contributed by atoms with E-state index in [-0.39, 0.29) is 18.4 Å². The predicted octanol–water partition coefficient (Wildman–Crippen LogP) is 0.256. The molecule has 0 saturated carbocycles. The zero-order chi connectivity index (χ0) is 24.9. The Balaban J connectivity index is 0.00000320. The van der Waals surface area contributed by atoms with Crippen LogP contribution in [0.5, 0.6) is 17.2 Å². The van der Waals surface area contributed by atoms with Gasteiger partial charge in [0.05, 0.1) is 27.6 Å². The van der Waals surface area contributed by atoms with Gasteiger partial charge in [0, 0.05) is 37.4 Å². The van der Waals surface area contributed by atoms with Crippen LogP contribution in [0.3, 0.4) is 0 Å². The lowest BCUT2D eigenvalue weighted by Crippen LogP contribution is -3.00. The summed E-state index contributed by atoms with van der Waals surface area (Å²) in [5.74, 6) is 3.86. The maximum Gasteiger partial charge on any atom is 0.173 e. The lowest BCUT2D eigenvalue weighted by molar-refractivity contribution is -0.00000883. The minimum Gasteiger partial charge on any atom is -1.00 e. The molecule has 0 bridgehead atoms. The fraction of sp³-hybridized carbons (Fsp3) is 0.346. The monoisotopic (exact) mass is 525 g/mol. The van der Waals surface area contributed by atoms with Crippen LogP contribution in [-0.2, 0) is 6.54 Å². The molecule has 0 N–H and O–H groups in total. The molecule has 37 heavy (non-hydrogen) atoms. The summed E-state index contributed by atoms with van der Waals surface area (Å²) in [7, 11) is 5.02. The zero-order valence-electron chi connectivity index (χ0n) is 21.1. The number of piperazine rings is 1. The fourth-order valence-electron chi connectivity index (χ4n) is 4.65. The number of methoxy groups -OCH3 is 3. The summed E-state index contributed by atoms with van der Waals surface area (Å²) in [5, 5.41) is 12.8. The number of rotatable bonds is 9. The molecule has 196 valence electrons. The molecule has 5 rings (SSSR count). The number of nitrogens with zero attached hydrogens (tertiary/aromatic N) is 6. The molecule has 0 spiro atoms. The van der Waals surface area contributed by atoms with Crippen molar-refractivity contribution in [3.05, 3.63) is 78.0 Å². The average Bonchev–Trinajstić information content (AvgIpc) is 3.62. The molecule has 10 nitrogen and oxygen atoms in total. The normalized spacial score (nSPS) is 14.6. The summed E-state index contributed by atoms with van der Waals surface area (Å²) in [4.78, 5) is 4.77. The van der Waals surface area contributed by atoms with E-state index in [9.17, 15) is 0 Å². The first kappa shape index (κ1) is 26.3. The largest absolute Gasteiger partial charge is 1.00 e. The zero-order valence-corrected chi connectivity index (χ0v) is 21.8. The van der Waals surface area contributed by atoms with Gasteiger partial charge in [0.2, 0.25) is 0 Å². The molecule has 1 aliphatic rings. The van der Waals surface area contributed by atoms with E-state index in [4.69, 9.17) is 18.6 Å². The van der Waals surface area contributed by atoms with E-state index in [1.807, 2.05) is 42.5 Å². The lowest BCUT2D eigenvalue weighted by atomic mass is 10.0. The first-order valence-electron chi connectivity index (χ1n) is 11.8. The third-order valence-electron chi connectivity index (χ3n) is 6.54. The minimum atomic E-state index is -0.238. The fourth-order valence-corrected chi connectivity index (χ4v) is 4.65. The van der Waals surface area contributed by atoms with Crippen molar-refractivity contribution in [2.24, 2.45) is 0 Å². The van der Waals surface area contributed by atoms with Gasteiger partial charge in [-0.15, -0.1) is 5.10 Å². The highest BCUT2D eigenvalue weighted by molar-refractivity contribution is 5.50. The molecule has 0 aliphatic carbocycles. The number of ether oxygens (including phenoxy) is 3. The maximum absolute atomic E-state index is 5.77. The third kappa shape index (κ3) is 5.65. The highest BCUT2D eigenvalue weighted by Gasteiger charge is 2.33. The highest BCUT2D eigenvalue weighted by Crippen LogP contribution is 2.37. The van der Waals surface area contributed by atoms with Crippen molar-refractivity contribution in [2.45, 2.75) is 12.6 Å². The summed E-state index contributed by atoms with van der Waals surface area (Å²) >= 11 is 0. The number of hydrogen-bond acceptors (Lipinski definition) is 9. The molecule has 3 heterocycles. The van der Waals surface area contributed by atoms with Crippen molar-refractivity contribution in [2.75, 3.05) is 52.4 Å². The van der Waals surface area contributed by atoms with E-state index < -0.39 is 0 Å². The summed E-state index contributed by atoms with van der Waals surface area (Å²) in [5.41, 5.74) is 2.12. The summed E-state index contributed by atoms with van der Waals surface area (Å²) in [6.45, 7) is 3.77. The number of benzene rings is 2. The van der Waals surface area contributed by atoms with Gasteiger partial charge in [0.25, 0.3) is 0 Å². The number of furan rings is 1. The minimum absolute atomic E-state index is 0. The van der Waals surface area contributed by atoms with Gasteiger partial charge < -0.3 is 35.9 Å². The van der Waals surface area contributed by atoms with Crippen LogP contribution in [0.25, 0.3) is 0 Å². The van der Waals surface area contributed by atoms with Crippen molar-refractivity contribution in [1.29, 1.82) is 0 Å². The van der Waals surface area contributed by atoms with Crippen LogP contribution in [0.2, 0.25) is 0 Å². The quantitative estimate of drug-likeness (QED) is 0.305. The number of halogens is 1. The van der Waals surface area contributed by atoms with Gasteiger partial charge in [-0.2, -0.15) is 0 Å². The third-order valence-corrected chi connectivity index (χ3v) is 6.54. The number of tetrazole rings is 1. The van der Waals surface area contributed by atoms with Gasteiger partial charge in [-0.05, 0) is 65.0 Å². The molecule has 1 saturated heterocycles. The summed E-state index contributed by atoms with van der Waals surface area (Å²) in [6, 6.07) is 17.6. The van der Waals surface area contributed by atoms with Gasteiger partial charge in [-0.3, -0.25) is 4.90 Å². The van der Waals surface area contributed by atoms with Crippen LogP contribution >= 0.6 is 0 Å². The van der Waals surface area contributed by atoms with E-state index >= 15 is 0 Å². The Labute approximate surface area is 222 Å². The standard InChI is InChI=1S/C26H30N6O4.ClH/c1-33-20-8-6-19(7-9-20)30-12-14-31(15-13-30)25(23-17-21(34-2)10-11-24(23)35-3)26-27-28-29-32(26)18-22-5-4-16-36-22;/h4-11,16-17,25H,12-15,18H2,1-3H3;1H/p-1. The molecule has 0 radical (unpaired) electrons. The van der Waals surface area contributed by atoms with E-state index in [0.717, 1.165) is 60.6 Å². The van der Waals surface area contributed by atoms with Gasteiger partial charge in [-0.25, -0.2) is 4.68 Å². The van der Waals surface area contributed by atoms with Crippen LogP contribution < -0.4 is 31.5 Å². The first-order valence-corrected chi connectivity index (χ1v) is 11.8. The SMILES string of the molecule is COc1ccc(N2CCN(C(c3cc(OC)ccc3OC)c3nnnn3Cc3ccco3)CC2)cc1.[Cl-]. The first-order chi connectivity index (χ1) is 17.7. The van der Waals surface area contributed by atoms with Gasteiger partial charge in [0.1, 0.15) is 35.6 Å². The van der Waals surface area contributed by atoms with E-state index in [1.165, 1.54) is 5.69 Å². The Morgan fingerprint density at radius 3 is 2.27 bits per heavy atom. The van der Waals surface area contributed by atoms with Crippen LogP contribution in [-0.4, -0.2) is 72.6 Å². The second-order valence-electron chi connectivity index (χ2n) is 8.51. The second-order valence-corrected chi connectivity index (χ2v) is 8.51. The Hall–Kier alpha value is -3.76. The van der Waals surface area contributed by atoms with Crippen molar-refractivity contribution < 1.29 is 31.0 Å². The van der Waals surface area contributed by atoms with E-state index in [2.05, 4.69) is 37.5 Å². The molecule has 1 aliphatic heterocycles. The topological polar surface area (TPSA) is 90.9 Å². The Kier molecular flexibility index (Phi) is 8.52. The molecule has 0 amide bonds. The number of aromatic nitrogens is 4. The van der Waals surface area contributed by atoms with E-state index in [1.54, 1.807) is 32.3 Å². The Morgan fingerprint density at radius 1 is 0.892 bits per heavy atom. The predicted molar refractivity (Wildman–Crippen MR) is 134 cm³/mol. The maximum atomic E-state index is 5.77. The van der Waals surface area contributed by atoms with E-state index in [0.29, 0.717) is 6.54 Å². The molecular formula is C26H30ClN6O4-. The molecule has 1 unspecified atom stereocenters. The molecule has 1 atom stereocenters. The average molecular weight is 526 g/mol. The molecule has 2 aromatic heterocycles. The van der Waals surface area contributed by atoms with Crippen molar-refractivity contribution in [3.63, 3.8) is 0 Å². The lowest BCUT2D eigenvalue weighted by Gasteiger charge is -2.40. The second kappa shape index (κ2) is 12.0.